The lowest BCUT2D eigenvalue weighted by molar-refractivity contribution is -0.122. The minimum Gasteiger partial charge on any atom is -0.477 e. The quantitative estimate of drug-likeness (QED) is 0.863. The third-order valence-electron chi connectivity index (χ3n) is 4.13. The Morgan fingerprint density at radius 1 is 1.21 bits per heavy atom. The highest BCUT2D eigenvalue weighted by molar-refractivity contribution is 7.13. The molecule has 2 heterocycles. The zero-order valence-corrected chi connectivity index (χ0v) is 15.5. The maximum Gasteiger partial charge on any atom is 0.347 e. The first-order valence-electron chi connectivity index (χ1n) is 7.64. The lowest BCUT2D eigenvalue weighted by Gasteiger charge is -2.16. The van der Waals surface area contributed by atoms with Crippen LogP contribution in [0.3, 0.4) is 0 Å². The smallest absolute Gasteiger partial charge is 0.347 e. The number of aryl methyl sites for hydroxylation is 3. The Kier molecular flexibility index (Phi) is 5.08. The van der Waals surface area contributed by atoms with Gasteiger partial charge in [-0.2, -0.15) is 5.10 Å². The van der Waals surface area contributed by atoms with Crippen molar-refractivity contribution in [2.24, 2.45) is 7.05 Å². The molecule has 2 aromatic rings. The number of amides is 1. The third kappa shape index (κ3) is 3.33. The van der Waals surface area contributed by atoms with Crippen molar-refractivity contribution in [1.82, 2.24) is 20.1 Å². The molecular formula is C16H22N4O3S. The standard InChI is InChI=1S/C16H22N4O3S/c1-7(12-8(2)19-20(6)11(12)5)14(21)17-10(4)15-18-9(3)13(24-15)16(22)23/h7,10H,1-6H3,(H,17,21)(H,22,23). The van der Waals surface area contributed by atoms with Crippen LogP contribution in [0.1, 0.15) is 63.1 Å². The van der Waals surface area contributed by atoms with E-state index in [1.807, 2.05) is 27.8 Å². The third-order valence-corrected chi connectivity index (χ3v) is 5.46. The Bertz CT molecular complexity index is 794. The van der Waals surface area contributed by atoms with Crippen LogP contribution in [0.2, 0.25) is 0 Å². The number of nitrogens with zero attached hydrogens (tertiary/aromatic N) is 3. The monoisotopic (exact) mass is 350 g/mol. The first kappa shape index (κ1) is 18.1. The minimum atomic E-state index is -0.996. The molecular weight excluding hydrogens is 328 g/mol. The van der Waals surface area contributed by atoms with Crippen molar-refractivity contribution in [3.8, 4) is 0 Å². The van der Waals surface area contributed by atoms with Crippen LogP contribution in [0, 0.1) is 20.8 Å². The summed E-state index contributed by atoms with van der Waals surface area (Å²) in [5, 5.41) is 17.0. The molecule has 0 saturated heterocycles. The van der Waals surface area contributed by atoms with E-state index in [2.05, 4.69) is 15.4 Å². The molecule has 0 saturated carbocycles. The fourth-order valence-corrected chi connectivity index (χ4v) is 3.66. The summed E-state index contributed by atoms with van der Waals surface area (Å²) in [5.41, 5.74) is 3.18. The van der Waals surface area contributed by atoms with Crippen LogP contribution in [-0.4, -0.2) is 31.7 Å². The summed E-state index contributed by atoms with van der Waals surface area (Å²) in [7, 11) is 1.85. The van der Waals surface area contributed by atoms with Crippen LogP contribution in [0.15, 0.2) is 0 Å². The number of carboxylic acid groups (broad SMARTS) is 1. The summed E-state index contributed by atoms with van der Waals surface area (Å²) in [6.07, 6.45) is 0. The van der Waals surface area contributed by atoms with E-state index in [0.29, 0.717) is 10.7 Å². The molecule has 2 aromatic heterocycles. The first-order chi connectivity index (χ1) is 11.1. The van der Waals surface area contributed by atoms with Crippen LogP contribution in [0.25, 0.3) is 0 Å². The van der Waals surface area contributed by atoms with Gasteiger partial charge in [-0.05, 0) is 34.6 Å². The number of carbonyl (C=O) groups excluding carboxylic acids is 1. The number of carbonyl (C=O) groups is 2. The van der Waals surface area contributed by atoms with Crippen LogP contribution >= 0.6 is 11.3 Å². The molecule has 2 rings (SSSR count). The van der Waals surface area contributed by atoms with E-state index in [1.165, 1.54) is 0 Å². The van der Waals surface area contributed by atoms with Crippen molar-refractivity contribution in [2.45, 2.75) is 46.6 Å². The van der Waals surface area contributed by atoms with E-state index in [1.54, 1.807) is 18.5 Å². The van der Waals surface area contributed by atoms with Gasteiger partial charge in [0.05, 0.1) is 23.3 Å². The molecule has 130 valence electrons. The van der Waals surface area contributed by atoms with Crippen molar-refractivity contribution < 1.29 is 14.7 Å². The maximum atomic E-state index is 12.6. The zero-order valence-electron chi connectivity index (χ0n) is 14.7. The molecule has 0 aliphatic rings. The molecule has 2 atom stereocenters. The fourth-order valence-electron chi connectivity index (χ4n) is 2.75. The van der Waals surface area contributed by atoms with Crippen molar-refractivity contribution >= 4 is 23.2 Å². The average molecular weight is 350 g/mol. The Hall–Kier alpha value is -2.22. The van der Waals surface area contributed by atoms with Gasteiger partial charge < -0.3 is 10.4 Å². The highest BCUT2D eigenvalue weighted by Crippen LogP contribution is 2.26. The summed E-state index contributed by atoms with van der Waals surface area (Å²) in [4.78, 5) is 28.2. The van der Waals surface area contributed by atoms with Crippen LogP contribution < -0.4 is 5.32 Å². The minimum absolute atomic E-state index is 0.133. The van der Waals surface area contributed by atoms with Gasteiger partial charge in [-0.3, -0.25) is 9.48 Å². The molecule has 2 unspecified atom stereocenters. The average Bonchev–Trinajstić information content (AvgIpc) is 2.99. The molecule has 24 heavy (non-hydrogen) atoms. The van der Waals surface area contributed by atoms with Crippen molar-refractivity contribution in [1.29, 1.82) is 0 Å². The lowest BCUT2D eigenvalue weighted by atomic mass is 9.98. The largest absolute Gasteiger partial charge is 0.477 e. The number of aromatic carboxylic acids is 1. The second-order valence-electron chi connectivity index (χ2n) is 5.93. The van der Waals surface area contributed by atoms with E-state index in [-0.39, 0.29) is 22.7 Å². The predicted molar refractivity (Wildman–Crippen MR) is 91.5 cm³/mol. The highest BCUT2D eigenvalue weighted by Gasteiger charge is 2.25. The second kappa shape index (κ2) is 6.72. The summed E-state index contributed by atoms with van der Waals surface area (Å²) in [5.74, 6) is -1.47. The number of thiazole rings is 1. The summed E-state index contributed by atoms with van der Waals surface area (Å²) in [6.45, 7) is 9.13. The topological polar surface area (TPSA) is 97.1 Å². The second-order valence-corrected chi connectivity index (χ2v) is 6.96. The fraction of sp³-hybridized carbons (Fsp3) is 0.500. The number of nitrogens with one attached hydrogen (secondary N) is 1. The van der Waals surface area contributed by atoms with E-state index in [0.717, 1.165) is 28.3 Å². The van der Waals surface area contributed by atoms with Crippen molar-refractivity contribution in [3.05, 3.63) is 32.5 Å². The van der Waals surface area contributed by atoms with Gasteiger partial charge in [-0.15, -0.1) is 11.3 Å². The van der Waals surface area contributed by atoms with E-state index < -0.39 is 5.97 Å². The molecule has 0 spiro atoms. The van der Waals surface area contributed by atoms with Crippen LogP contribution in [0.4, 0.5) is 0 Å². The number of hydrogen-bond donors (Lipinski definition) is 2. The molecule has 0 aliphatic heterocycles. The maximum absolute atomic E-state index is 12.6. The number of aromatic nitrogens is 3. The molecule has 2 N–H and O–H groups in total. The van der Waals surface area contributed by atoms with Crippen LogP contribution in [0.5, 0.6) is 0 Å². The Morgan fingerprint density at radius 2 is 1.83 bits per heavy atom. The van der Waals surface area contributed by atoms with Gasteiger partial charge >= 0.3 is 5.97 Å². The van der Waals surface area contributed by atoms with Gasteiger partial charge in [0.2, 0.25) is 5.91 Å². The molecule has 8 heteroatoms. The van der Waals surface area contributed by atoms with Gasteiger partial charge in [0.1, 0.15) is 9.88 Å². The Morgan fingerprint density at radius 3 is 2.29 bits per heavy atom. The highest BCUT2D eigenvalue weighted by atomic mass is 32.1. The predicted octanol–water partition coefficient (Wildman–Crippen LogP) is 2.48. The molecule has 0 radical (unpaired) electrons. The molecule has 0 bridgehead atoms. The molecule has 0 aliphatic carbocycles. The molecule has 0 fully saturated rings. The van der Waals surface area contributed by atoms with E-state index in [4.69, 9.17) is 5.11 Å². The number of hydrogen-bond acceptors (Lipinski definition) is 5. The van der Waals surface area contributed by atoms with Gasteiger partial charge in [0.25, 0.3) is 0 Å². The summed E-state index contributed by atoms with van der Waals surface area (Å²) >= 11 is 1.09. The zero-order chi connectivity index (χ0) is 18.2. The summed E-state index contributed by atoms with van der Waals surface area (Å²) in [6, 6.07) is -0.353. The first-order valence-corrected chi connectivity index (χ1v) is 8.46. The molecule has 7 nitrogen and oxygen atoms in total. The summed E-state index contributed by atoms with van der Waals surface area (Å²) < 4.78 is 1.77. The molecule has 1 amide bonds. The van der Waals surface area contributed by atoms with Gasteiger partial charge in [-0.25, -0.2) is 9.78 Å². The lowest BCUT2D eigenvalue weighted by Crippen LogP contribution is -2.31. The van der Waals surface area contributed by atoms with Gasteiger partial charge in [0, 0.05) is 18.3 Å². The SMILES string of the molecule is Cc1nc(C(C)NC(=O)C(C)c2c(C)nn(C)c2C)sc1C(=O)O. The molecule has 0 aromatic carbocycles. The van der Waals surface area contributed by atoms with Crippen LogP contribution in [-0.2, 0) is 11.8 Å². The van der Waals surface area contributed by atoms with Gasteiger partial charge in [-0.1, -0.05) is 0 Å². The Labute approximate surface area is 144 Å². The van der Waals surface area contributed by atoms with Crippen molar-refractivity contribution in [2.75, 3.05) is 0 Å². The normalized spacial score (nSPS) is 13.6. The Balaban J connectivity index is 2.16. The van der Waals surface area contributed by atoms with Crippen molar-refractivity contribution in [3.63, 3.8) is 0 Å². The number of rotatable bonds is 5. The van der Waals surface area contributed by atoms with E-state index >= 15 is 0 Å². The van der Waals surface area contributed by atoms with Gasteiger partial charge in [0.15, 0.2) is 0 Å². The van der Waals surface area contributed by atoms with E-state index in [9.17, 15) is 9.59 Å². The number of carboxylic acids is 1.